The van der Waals surface area contributed by atoms with Crippen LogP contribution in [0.25, 0.3) is 89.5 Å². The van der Waals surface area contributed by atoms with Gasteiger partial charge in [-0.2, -0.15) is 0 Å². The van der Waals surface area contributed by atoms with Crippen molar-refractivity contribution in [3.63, 3.8) is 0 Å². The van der Waals surface area contributed by atoms with Gasteiger partial charge < -0.3 is 10.2 Å². The Morgan fingerprint density at radius 1 is 0.296 bits per heavy atom. The molecule has 0 radical (unpaired) electrons. The number of pyridine rings is 2. The lowest BCUT2D eigenvalue weighted by Gasteiger charge is -2.17. The lowest BCUT2D eigenvalue weighted by molar-refractivity contribution is 0.0685. The molecule has 0 fully saturated rings. The Morgan fingerprint density at radius 2 is 0.556 bits per heavy atom. The first kappa shape index (κ1) is 32.5. The van der Waals surface area contributed by atoms with Gasteiger partial charge in [0, 0.05) is 11.1 Å². The highest BCUT2D eigenvalue weighted by Gasteiger charge is 2.24. The normalized spacial score (nSPS) is 11.3. The van der Waals surface area contributed by atoms with Crippen molar-refractivity contribution in [3.8, 4) is 89.5 Å². The predicted octanol–water partition coefficient (Wildman–Crippen LogP) is 11.5. The molecule has 256 valence electrons. The first-order valence-electron chi connectivity index (χ1n) is 17.5. The number of nitrogens with zero attached hydrogens (tertiary/aromatic N) is 2. The zero-order valence-corrected chi connectivity index (χ0v) is 28.8. The van der Waals surface area contributed by atoms with Crippen molar-refractivity contribution >= 4 is 11.9 Å². The number of aromatic carboxylic acids is 2. The summed E-state index contributed by atoms with van der Waals surface area (Å²) in [6.07, 6.45) is 0. The fourth-order valence-electron chi connectivity index (χ4n) is 7.32. The van der Waals surface area contributed by atoms with Crippen LogP contribution in [0.5, 0.6) is 0 Å². The van der Waals surface area contributed by atoms with E-state index in [1.807, 2.05) is 133 Å². The minimum absolute atomic E-state index is 0.0392. The molecule has 7 aliphatic rings. The van der Waals surface area contributed by atoms with E-state index in [-0.39, 0.29) is 11.1 Å². The van der Waals surface area contributed by atoms with E-state index in [1.165, 1.54) is 0 Å². The molecular weight excluding hydrogens is 669 g/mol. The van der Waals surface area contributed by atoms with E-state index in [0.717, 1.165) is 56.2 Å². The molecule has 6 nitrogen and oxygen atoms in total. The highest BCUT2D eigenvalue weighted by molar-refractivity contribution is 6.09. The number of rotatable bonds is 2. The van der Waals surface area contributed by atoms with Crippen molar-refractivity contribution in [2.24, 2.45) is 0 Å². The SMILES string of the molecule is O=C(O)c1c2cccc1-c1cccc(c1C(=O)O)-c1ccc(cc1)-c1ccc(cc1)-c1cccc(n1)-c1cccc(n1)-c1ccc(cc1)-c1ccc-2cc1. The van der Waals surface area contributed by atoms with E-state index in [4.69, 9.17) is 9.97 Å². The van der Waals surface area contributed by atoms with Crippen molar-refractivity contribution < 1.29 is 19.8 Å². The van der Waals surface area contributed by atoms with E-state index in [9.17, 15) is 19.8 Å². The summed E-state index contributed by atoms with van der Waals surface area (Å²) in [7, 11) is 0. The van der Waals surface area contributed by atoms with Crippen LogP contribution < -0.4 is 0 Å². The van der Waals surface area contributed by atoms with Gasteiger partial charge in [-0.15, -0.1) is 0 Å². The van der Waals surface area contributed by atoms with Crippen LogP contribution in [0.2, 0.25) is 0 Å². The van der Waals surface area contributed by atoms with E-state index >= 15 is 0 Å². The smallest absolute Gasteiger partial charge is 0.336 e. The molecule has 16 bridgehead atoms. The monoisotopic (exact) mass is 698 g/mol. The summed E-state index contributed by atoms with van der Waals surface area (Å²) in [4.78, 5) is 35.9. The minimum Gasteiger partial charge on any atom is -0.478 e. The van der Waals surface area contributed by atoms with Crippen molar-refractivity contribution in [1.29, 1.82) is 0 Å². The minimum atomic E-state index is -1.14. The van der Waals surface area contributed by atoms with Crippen molar-refractivity contribution in [3.05, 3.63) is 181 Å². The molecule has 6 aromatic carbocycles. The van der Waals surface area contributed by atoms with Crippen LogP contribution in [0.15, 0.2) is 170 Å². The molecule has 0 unspecified atom stereocenters. The number of carboxylic acid groups (broad SMARTS) is 2. The molecule has 9 heterocycles. The third kappa shape index (κ3) is 5.82. The predicted molar refractivity (Wildman–Crippen MR) is 213 cm³/mol. The van der Waals surface area contributed by atoms with Gasteiger partial charge >= 0.3 is 11.9 Å². The molecule has 15 rings (SSSR count). The summed E-state index contributed by atoms with van der Waals surface area (Å²) in [5.74, 6) is -2.28. The Hall–Kier alpha value is -7.44. The second kappa shape index (κ2) is 13.3. The molecule has 0 saturated carbocycles. The van der Waals surface area contributed by atoms with Crippen molar-refractivity contribution in [2.45, 2.75) is 0 Å². The van der Waals surface area contributed by atoms with E-state index in [2.05, 4.69) is 0 Å². The summed E-state index contributed by atoms with van der Waals surface area (Å²) in [6, 6.07) is 54.2. The molecule has 2 aromatic heterocycles. The molecule has 0 aliphatic carbocycles. The second-order valence-electron chi connectivity index (χ2n) is 13.2. The van der Waals surface area contributed by atoms with Gasteiger partial charge in [0.25, 0.3) is 0 Å². The zero-order valence-electron chi connectivity index (χ0n) is 28.8. The highest BCUT2D eigenvalue weighted by Crippen LogP contribution is 2.39. The number of hydrogen-bond acceptors (Lipinski definition) is 4. The Morgan fingerprint density at radius 3 is 0.889 bits per heavy atom. The van der Waals surface area contributed by atoms with Gasteiger partial charge in [-0.1, -0.05) is 146 Å². The fraction of sp³-hybridized carbons (Fsp3) is 0. The Kier molecular flexibility index (Phi) is 7.98. The van der Waals surface area contributed by atoms with Crippen LogP contribution in [0.1, 0.15) is 20.7 Å². The van der Waals surface area contributed by atoms with Gasteiger partial charge in [-0.3, -0.25) is 0 Å². The fourth-order valence-corrected chi connectivity index (χ4v) is 7.32. The maximum absolute atomic E-state index is 13.0. The van der Waals surface area contributed by atoms with Crippen molar-refractivity contribution in [1.82, 2.24) is 9.97 Å². The lowest BCUT2D eigenvalue weighted by atomic mass is 9.86. The van der Waals surface area contributed by atoms with E-state index < -0.39 is 11.9 Å². The maximum atomic E-state index is 13.0. The van der Waals surface area contributed by atoms with Gasteiger partial charge in [-0.05, 0) is 79.9 Å². The largest absolute Gasteiger partial charge is 0.478 e. The lowest BCUT2D eigenvalue weighted by Crippen LogP contribution is -2.07. The van der Waals surface area contributed by atoms with Crippen molar-refractivity contribution in [2.75, 3.05) is 0 Å². The Bertz CT molecular complexity index is 2540. The van der Waals surface area contributed by atoms with E-state index in [1.54, 1.807) is 36.4 Å². The molecule has 0 spiro atoms. The number of carboxylic acids is 2. The number of hydrogen-bond donors (Lipinski definition) is 2. The molecule has 7 aliphatic heterocycles. The van der Waals surface area contributed by atoms with Crippen LogP contribution in [-0.4, -0.2) is 32.1 Å². The topological polar surface area (TPSA) is 100 Å². The zero-order chi connectivity index (χ0) is 36.8. The third-order valence-electron chi connectivity index (χ3n) is 10.0. The molecule has 2 N–H and O–H groups in total. The number of benzene rings is 6. The van der Waals surface area contributed by atoms with Crippen LogP contribution in [0.4, 0.5) is 0 Å². The summed E-state index contributed by atoms with van der Waals surface area (Å²) in [5.41, 5.74) is 12.3. The summed E-state index contributed by atoms with van der Waals surface area (Å²) >= 11 is 0. The summed E-state index contributed by atoms with van der Waals surface area (Å²) in [6.45, 7) is 0. The second-order valence-corrected chi connectivity index (χ2v) is 13.2. The van der Waals surface area contributed by atoms with Crippen LogP contribution in [0.3, 0.4) is 0 Å². The third-order valence-corrected chi connectivity index (χ3v) is 10.0. The molecule has 0 atom stereocenters. The van der Waals surface area contributed by atoms with Gasteiger partial charge in [-0.25, -0.2) is 19.6 Å². The average molecular weight is 699 g/mol. The van der Waals surface area contributed by atoms with Gasteiger partial charge in [0.05, 0.1) is 33.9 Å². The molecule has 6 heteroatoms. The standard InChI is InChI=1S/C48H30N2O4/c51-47(52)45-37-5-1-7-39(45)40-8-2-6-38(46(40)48(53)54)34-23-15-30(16-24-34)32-19-27-36(28-20-32)42-10-4-12-44(50-42)43-11-3-9-41(49-43)35-25-17-31(18-26-35)29-13-21-33(37)22-14-29/h1-28H,(H,51,52)(H,53,54). The molecule has 8 aromatic rings. The number of carbonyl (C=O) groups is 2. The summed E-state index contributed by atoms with van der Waals surface area (Å²) < 4.78 is 0. The first-order chi connectivity index (χ1) is 26.4. The van der Waals surface area contributed by atoms with Gasteiger partial charge in [0.2, 0.25) is 0 Å². The highest BCUT2D eigenvalue weighted by atomic mass is 16.4. The molecule has 0 saturated heterocycles. The first-order valence-corrected chi connectivity index (χ1v) is 17.5. The quantitative estimate of drug-likeness (QED) is 0.186. The van der Waals surface area contributed by atoms with Gasteiger partial charge in [0.1, 0.15) is 0 Å². The van der Waals surface area contributed by atoms with Gasteiger partial charge in [0.15, 0.2) is 0 Å². The molecule has 0 amide bonds. The molecular formula is C48H30N2O4. The summed E-state index contributed by atoms with van der Waals surface area (Å²) in [5, 5.41) is 21.2. The van der Waals surface area contributed by atoms with Crippen LogP contribution >= 0.6 is 0 Å². The average Bonchev–Trinajstić information content (AvgIpc) is 3.23. The Balaban J connectivity index is 1.23. The Labute approximate surface area is 311 Å². The number of aromatic nitrogens is 2. The maximum Gasteiger partial charge on any atom is 0.336 e. The van der Waals surface area contributed by atoms with Crippen LogP contribution in [-0.2, 0) is 0 Å². The van der Waals surface area contributed by atoms with E-state index in [0.29, 0.717) is 33.4 Å². The molecule has 54 heavy (non-hydrogen) atoms. The van der Waals surface area contributed by atoms with Crippen LogP contribution in [0, 0.1) is 0 Å².